The maximum Gasteiger partial charge on any atom is 0.368 e. The summed E-state index contributed by atoms with van der Waals surface area (Å²) in [7, 11) is 0. The summed E-state index contributed by atoms with van der Waals surface area (Å²) in [5.74, 6) is 0. The van der Waals surface area contributed by atoms with Crippen LogP contribution >= 0.6 is 11.6 Å². The van der Waals surface area contributed by atoms with Crippen LogP contribution in [0.25, 0.3) is 5.69 Å². The lowest BCUT2D eigenvalue weighted by Crippen LogP contribution is -2.24. The van der Waals surface area contributed by atoms with E-state index < -0.39 is 0 Å². The minimum atomic E-state index is -0.318. The van der Waals surface area contributed by atoms with Gasteiger partial charge in [-0.05, 0) is 28.1 Å². The molecule has 0 fully saturated rings. The average molecular weight is 287 g/mol. The molecule has 0 aliphatic rings. The van der Waals surface area contributed by atoms with Crippen LogP contribution in [-0.4, -0.2) is 19.8 Å². The normalized spacial score (nSPS) is 10.7. The van der Waals surface area contributed by atoms with Gasteiger partial charge in [-0.3, -0.25) is 0 Å². The largest absolute Gasteiger partial charge is 0.368 e. The first kappa shape index (κ1) is 12.6. The molecule has 1 heterocycles. The summed E-state index contributed by atoms with van der Waals surface area (Å²) in [5.41, 5.74) is 1.20. The maximum absolute atomic E-state index is 12.3. The second-order valence-corrected chi connectivity index (χ2v) is 4.68. The van der Waals surface area contributed by atoms with Crippen molar-refractivity contribution in [2.24, 2.45) is 0 Å². The molecule has 0 aliphatic heterocycles. The van der Waals surface area contributed by atoms with Crippen LogP contribution in [0.5, 0.6) is 0 Å². The van der Waals surface area contributed by atoms with Crippen LogP contribution in [0.4, 0.5) is 0 Å². The van der Waals surface area contributed by atoms with Crippen molar-refractivity contribution < 1.29 is 0 Å². The van der Waals surface area contributed by atoms with Gasteiger partial charge in [0.15, 0.2) is 0 Å². The molecule has 0 bridgehead atoms. The van der Waals surface area contributed by atoms with E-state index in [9.17, 15) is 4.79 Å². The van der Waals surface area contributed by atoms with E-state index in [-0.39, 0.29) is 5.69 Å². The molecule has 0 radical (unpaired) electrons. The number of benzene rings is 2. The molecule has 6 heteroatoms. The smallest absolute Gasteiger partial charge is 0.244 e. The molecule has 2 aromatic carbocycles. The number of hydrogen-bond donors (Lipinski definition) is 0. The first-order valence-corrected chi connectivity index (χ1v) is 6.45. The van der Waals surface area contributed by atoms with Gasteiger partial charge in [0.05, 0.1) is 17.3 Å². The van der Waals surface area contributed by atoms with Gasteiger partial charge in [-0.25, -0.2) is 4.79 Å². The highest BCUT2D eigenvalue weighted by Gasteiger charge is 2.11. The molecule has 0 amide bonds. The van der Waals surface area contributed by atoms with Crippen molar-refractivity contribution in [2.75, 3.05) is 0 Å². The van der Waals surface area contributed by atoms with E-state index in [4.69, 9.17) is 11.6 Å². The molecule has 0 N–H and O–H groups in total. The van der Waals surface area contributed by atoms with Gasteiger partial charge in [0, 0.05) is 0 Å². The van der Waals surface area contributed by atoms with Crippen LogP contribution < -0.4 is 5.69 Å². The fraction of sp³-hybridized carbons (Fsp3) is 0.0714. The van der Waals surface area contributed by atoms with Gasteiger partial charge in [0.25, 0.3) is 0 Å². The quantitative estimate of drug-likeness (QED) is 0.741. The lowest BCUT2D eigenvalue weighted by molar-refractivity contribution is 0.632. The molecule has 20 heavy (non-hydrogen) atoms. The lowest BCUT2D eigenvalue weighted by atomic mass is 10.2. The summed E-state index contributed by atoms with van der Waals surface area (Å²) in [5, 5.41) is 8.22. The predicted molar refractivity (Wildman–Crippen MR) is 76.2 cm³/mol. The van der Waals surface area contributed by atoms with Gasteiger partial charge in [-0.2, -0.15) is 9.36 Å². The summed E-state index contributed by atoms with van der Waals surface area (Å²) in [6.07, 6.45) is 0. The second-order valence-electron chi connectivity index (χ2n) is 4.27. The zero-order chi connectivity index (χ0) is 13.9. The van der Waals surface area contributed by atoms with Crippen LogP contribution in [0.15, 0.2) is 59.4 Å². The van der Waals surface area contributed by atoms with Crippen LogP contribution in [0.3, 0.4) is 0 Å². The molecule has 0 aliphatic carbocycles. The van der Waals surface area contributed by atoms with Crippen molar-refractivity contribution >= 4 is 11.6 Å². The molecule has 1 aromatic heterocycles. The van der Waals surface area contributed by atoms with Crippen LogP contribution in [0.2, 0.25) is 5.02 Å². The van der Waals surface area contributed by atoms with Gasteiger partial charge in [-0.1, -0.05) is 54.1 Å². The number of rotatable bonds is 3. The number of tetrazole rings is 1. The predicted octanol–water partition coefficient (Wildman–Crippen LogP) is 2.13. The summed E-state index contributed by atoms with van der Waals surface area (Å²) < 4.78 is 2.50. The Hall–Kier alpha value is -2.40. The number of nitrogens with zero attached hydrogens (tertiary/aromatic N) is 4. The SMILES string of the molecule is O=c1n(Cc2ccccc2)nnn1-c1ccccc1Cl. The van der Waals surface area contributed by atoms with Crippen molar-refractivity contribution in [1.82, 2.24) is 19.8 Å². The Morgan fingerprint density at radius 3 is 2.40 bits per heavy atom. The summed E-state index contributed by atoms with van der Waals surface area (Å²) in [6, 6.07) is 16.6. The van der Waals surface area contributed by atoms with Gasteiger partial charge >= 0.3 is 5.69 Å². The number of para-hydroxylation sites is 1. The third-order valence-electron chi connectivity index (χ3n) is 2.90. The molecule has 3 rings (SSSR count). The van der Waals surface area contributed by atoms with E-state index in [1.165, 1.54) is 9.36 Å². The van der Waals surface area contributed by atoms with Crippen molar-refractivity contribution in [3.8, 4) is 5.69 Å². The Labute approximate surface area is 120 Å². The highest BCUT2D eigenvalue weighted by Crippen LogP contribution is 2.16. The number of hydrogen-bond acceptors (Lipinski definition) is 3. The van der Waals surface area contributed by atoms with Crippen molar-refractivity contribution in [3.63, 3.8) is 0 Å². The van der Waals surface area contributed by atoms with E-state index in [0.717, 1.165) is 5.56 Å². The highest BCUT2D eigenvalue weighted by atomic mass is 35.5. The monoisotopic (exact) mass is 286 g/mol. The lowest BCUT2D eigenvalue weighted by Gasteiger charge is -2.01. The molecule has 5 nitrogen and oxygen atoms in total. The van der Waals surface area contributed by atoms with Crippen molar-refractivity contribution in [2.45, 2.75) is 6.54 Å². The summed E-state index contributed by atoms with van der Waals surface area (Å²) in [4.78, 5) is 12.3. The van der Waals surface area contributed by atoms with Crippen molar-refractivity contribution in [3.05, 3.63) is 75.7 Å². The minimum Gasteiger partial charge on any atom is -0.244 e. The molecule has 0 spiro atoms. The summed E-state index contributed by atoms with van der Waals surface area (Å²) in [6.45, 7) is 0.379. The molecular weight excluding hydrogens is 276 g/mol. The Morgan fingerprint density at radius 1 is 0.950 bits per heavy atom. The highest BCUT2D eigenvalue weighted by molar-refractivity contribution is 6.32. The van der Waals surface area contributed by atoms with Gasteiger partial charge in [0.1, 0.15) is 0 Å². The zero-order valence-corrected chi connectivity index (χ0v) is 11.2. The zero-order valence-electron chi connectivity index (χ0n) is 10.5. The Kier molecular flexibility index (Phi) is 3.35. The standard InChI is InChI=1S/C14H11ClN4O/c15-12-8-4-5-9-13(12)19-14(20)18(16-17-19)10-11-6-2-1-3-7-11/h1-9H,10H2. The Balaban J connectivity index is 1.98. The van der Waals surface area contributed by atoms with Gasteiger partial charge in [-0.15, -0.1) is 0 Å². The molecule has 100 valence electrons. The maximum atomic E-state index is 12.3. The van der Waals surface area contributed by atoms with E-state index in [1.807, 2.05) is 30.3 Å². The van der Waals surface area contributed by atoms with E-state index in [0.29, 0.717) is 17.3 Å². The fourth-order valence-corrected chi connectivity index (χ4v) is 2.12. The second kappa shape index (κ2) is 5.30. The third kappa shape index (κ3) is 2.35. The van der Waals surface area contributed by atoms with Crippen LogP contribution in [0, 0.1) is 0 Å². The van der Waals surface area contributed by atoms with Gasteiger partial charge < -0.3 is 0 Å². The van der Waals surface area contributed by atoms with E-state index >= 15 is 0 Å². The van der Waals surface area contributed by atoms with E-state index in [1.54, 1.807) is 24.3 Å². The van der Waals surface area contributed by atoms with Gasteiger partial charge in [0.2, 0.25) is 0 Å². The molecule has 0 unspecified atom stereocenters. The molecule has 0 saturated heterocycles. The van der Waals surface area contributed by atoms with E-state index in [2.05, 4.69) is 10.4 Å². The summed E-state index contributed by atoms with van der Waals surface area (Å²) >= 11 is 6.06. The van der Waals surface area contributed by atoms with Crippen LogP contribution in [0.1, 0.15) is 5.56 Å². The molecule has 0 atom stereocenters. The Morgan fingerprint density at radius 2 is 1.65 bits per heavy atom. The number of aromatic nitrogens is 4. The Bertz CT molecular complexity index is 779. The first-order chi connectivity index (χ1) is 9.75. The molecule has 3 aromatic rings. The topological polar surface area (TPSA) is 52.7 Å². The van der Waals surface area contributed by atoms with Crippen molar-refractivity contribution in [1.29, 1.82) is 0 Å². The van der Waals surface area contributed by atoms with Crippen LogP contribution in [-0.2, 0) is 6.54 Å². The fourth-order valence-electron chi connectivity index (χ4n) is 1.90. The molecular formula is C14H11ClN4O. The minimum absolute atomic E-state index is 0.318. The first-order valence-electron chi connectivity index (χ1n) is 6.07. The molecule has 0 saturated carbocycles. The average Bonchev–Trinajstić information content (AvgIpc) is 2.82. The third-order valence-corrected chi connectivity index (χ3v) is 3.21. The number of halogens is 1.